The van der Waals surface area contributed by atoms with E-state index in [-0.39, 0.29) is 11.8 Å². The number of hydrogen-bond donors (Lipinski definition) is 1. The van der Waals surface area contributed by atoms with E-state index in [4.69, 9.17) is 21.4 Å². The van der Waals surface area contributed by atoms with Crippen molar-refractivity contribution in [3.63, 3.8) is 0 Å². The molecule has 0 aromatic heterocycles. The van der Waals surface area contributed by atoms with Gasteiger partial charge in [0.15, 0.2) is 0 Å². The standard InChI is InChI=1S/C9H15ClO3/c1-7(2)9(12)13-5-3-4-8(11)6-10/h8,11H,1,3-6H2,2H3. The van der Waals surface area contributed by atoms with E-state index in [0.29, 0.717) is 25.0 Å². The molecule has 0 aromatic rings. The Bertz CT molecular complexity index is 180. The topological polar surface area (TPSA) is 46.5 Å². The molecule has 0 bridgehead atoms. The number of hydrogen-bond acceptors (Lipinski definition) is 3. The fraction of sp³-hybridized carbons (Fsp3) is 0.667. The maximum absolute atomic E-state index is 10.8. The molecule has 76 valence electrons. The minimum Gasteiger partial charge on any atom is -0.462 e. The first-order valence-corrected chi connectivity index (χ1v) is 4.68. The van der Waals surface area contributed by atoms with Crippen LogP contribution >= 0.6 is 11.6 Å². The Labute approximate surface area is 83.3 Å². The van der Waals surface area contributed by atoms with E-state index in [9.17, 15) is 4.79 Å². The Morgan fingerprint density at radius 2 is 2.31 bits per heavy atom. The minimum atomic E-state index is -0.509. The van der Waals surface area contributed by atoms with Crippen molar-refractivity contribution in [1.29, 1.82) is 0 Å². The monoisotopic (exact) mass is 206 g/mol. The first kappa shape index (κ1) is 12.5. The number of esters is 1. The Balaban J connectivity index is 3.36. The van der Waals surface area contributed by atoms with Crippen molar-refractivity contribution in [2.75, 3.05) is 12.5 Å². The van der Waals surface area contributed by atoms with Crippen molar-refractivity contribution in [3.05, 3.63) is 12.2 Å². The largest absolute Gasteiger partial charge is 0.462 e. The van der Waals surface area contributed by atoms with Crippen molar-refractivity contribution in [1.82, 2.24) is 0 Å². The molecule has 4 heteroatoms. The van der Waals surface area contributed by atoms with Crippen molar-refractivity contribution in [3.8, 4) is 0 Å². The number of alkyl halides is 1. The molecule has 0 aliphatic rings. The molecular weight excluding hydrogens is 192 g/mol. The number of rotatable bonds is 6. The summed E-state index contributed by atoms with van der Waals surface area (Å²) in [4.78, 5) is 10.8. The Morgan fingerprint density at radius 3 is 2.77 bits per heavy atom. The maximum atomic E-state index is 10.8. The van der Waals surface area contributed by atoms with Crippen molar-refractivity contribution in [2.24, 2.45) is 0 Å². The molecule has 0 aromatic carbocycles. The van der Waals surface area contributed by atoms with E-state index in [1.807, 2.05) is 0 Å². The van der Waals surface area contributed by atoms with Crippen LogP contribution in [0.5, 0.6) is 0 Å². The first-order chi connectivity index (χ1) is 6.07. The van der Waals surface area contributed by atoms with E-state index in [2.05, 4.69) is 6.58 Å². The SMILES string of the molecule is C=C(C)C(=O)OCCCC(O)CCl. The highest BCUT2D eigenvalue weighted by molar-refractivity contribution is 6.18. The van der Waals surface area contributed by atoms with Crippen molar-refractivity contribution in [2.45, 2.75) is 25.9 Å². The van der Waals surface area contributed by atoms with Crippen LogP contribution in [0.3, 0.4) is 0 Å². The summed E-state index contributed by atoms with van der Waals surface area (Å²) in [5.74, 6) is -0.172. The lowest BCUT2D eigenvalue weighted by molar-refractivity contribution is -0.139. The number of aliphatic hydroxyl groups is 1. The van der Waals surface area contributed by atoms with Crippen molar-refractivity contribution < 1.29 is 14.6 Å². The summed E-state index contributed by atoms with van der Waals surface area (Å²) in [5.41, 5.74) is 0.387. The van der Waals surface area contributed by atoms with Crippen LogP contribution in [0.2, 0.25) is 0 Å². The molecule has 1 unspecified atom stereocenters. The zero-order valence-electron chi connectivity index (χ0n) is 7.75. The third-order valence-corrected chi connectivity index (χ3v) is 1.80. The van der Waals surface area contributed by atoms with Gasteiger partial charge in [0.2, 0.25) is 0 Å². The van der Waals surface area contributed by atoms with Crippen LogP contribution in [0.4, 0.5) is 0 Å². The summed E-state index contributed by atoms with van der Waals surface area (Å²) in [5, 5.41) is 9.04. The first-order valence-electron chi connectivity index (χ1n) is 4.14. The summed E-state index contributed by atoms with van der Waals surface area (Å²) in [6, 6.07) is 0. The molecule has 1 N–H and O–H groups in total. The molecule has 13 heavy (non-hydrogen) atoms. The highest BCUT2D eigenvalue weighted by Crippen LogP contribution is 2.00. The summed E-state index contributed by atoms with van der Waals surface area (Å²) < 4.78 is 4.81. The van der Waals surface area contributed by atoms with Crippen LogP contribution in [0.25, 0.3) is 0 Å². The molecule has 0 rings (SSSR count). The maximum Gasteiger partial charge on any atom is 0.333 e. The predicted octanol–water partition coefficient (Wildman–Crippen LogP) is 1.49. The number of carbonyl (C=O) groups is 1. The van der Waals surface area contributed by atoms with Gasteiger partial charge in [0.1, 0.15) is 0 Å². The van der Waals surface area contributed by atoms with E-state index >= 15 is 0 Å². The number of carbonyl (C=O) groups excluding carboxylic acids is 1. The second-order valence-corrected chi connectivity index (χ2v) is 3.18. The Hall–Kier alpha value is -0.540. The molecular formula is C9H15ClO3. The summed E-state index contributed by atoms with van der Waals surface area (Å²) in [7, 11) is 0. The van der Waals surface area contributed by atoms with Gasteiger partial charge in [-0.2, -0.15) is 0 Å². The summed E-state index contributed by atoms with van der Waals surface area (Å²) in [6.07, 6.45) is 0.657. The molecule has 3 nitrogen and oxygen atoms in total. The molecule has 0 aliphatic carbocycles. The van der Waals surface area contributed by atoms with Crippen LogP contribution in [0, 0.1) is 0 Å². The fourth-order valence-electron chi connectivity index (χ4n) is 0.684. The van der Waals surface area contributed by atoms with Crippen LogP contribution < -0.4 is 0 Å². The number of ether oxygens (including phenoxy) is 1. The fourth-order valence-corrected chi connectivity index (χ4v) is 0.838. The van der Waals surface area contributed by atoms with Gasteiger partial charge in [0.05, 0.1) is 12.7 Å². The van der Waals surface area contributed by atoms with Gasteiger partial charge < -0.3 is 9.84 Å². The van der Waals surface area contributed by atoms with E-state index in [0.717, 1.165) is 0 Å². The molecule has 0 spiro atoms. The molecule has 0 amide bonds. The molecule has 0 aliphatic heterocycles. The lowest BCUT2D eigenvalue weighted by atomic mass is 10.2. The zero-order valence-corrected chi connectivity index (χ0v) is 8.51. The minimum absolute atomic E-state index is 0.217. The van der Waals surface area contributed by atoms with E-state index in [1.54, 1.807) is 6.92 Å². The second-order valence-electron chi connectivity index (χ2n) is 2.87. The van der Waals surface area contributed by atoms with Gasteiger partial charge in [-0.25, -0.2) is 4.79 Å². The molecule has 0 saturated carbocycles. The number of halogens is 1. The van der Waals surface area contributed by atoms with Gasteiger partial charge in [-0.05, 0) is 19.8 Å². The quantitative estimate of drug-likeness (QED) is 0.310. The molecule has 0 saturated heterocycles. The Morgan fingerprint density at radius 1 is 1.69 bits per heavy atom. The van der Waals surface area contributed by atoms with Crippen LogP contribution in [-0.4, -0.2) is 29.7 Å². The average Bonchev–Trinajstić information content (AvgIpc) is 2.11. The zero-order chi connectivity index (χ0) is 10.3. The third kappa shape index (κ3) is 6.61. The van der Waals surface area contributed by atoms with Gasteiger partial charge in [0, 0.05) is 11.5 Å². The highest BCUT2D eigenvalue weighted by Gasteiger charge is 2.04. The Kier molecular flexibility index (Phi) is 6.63. The van der Waals surface area contributed by atoms with Crippen LogP contribution in [0.15, 0.2) is 12.2 Å². The van der Waals surface area contributed by atoms with Gasteiger partial charge in [-0.3, -0.25) is 0 Å². The van der Waals surface area contributed by atoms with Gasteiger partial charge >= 0.3 is 5.97 Å². The van der Waals surface area contributed by atoms with E-state index < -0.39 is 6.10 Å². The predicted molar refractivity (Wildman–Crippen MR) is 51.7 cm³/mol. The van der Waals surface area contributed by atoms with Crippen LogP contribution in [-0.2, 0) is 9.53 Å². The van der Waals surface area contributed by atoms with Gasteiger partial charge in [0.25, 0.3) is 0 Å². The van der Waals surface area contributed by atoms with Gasteiger partial charge in [-0.15, -0.1) is 11.6 Å². The lowest BCUT2D eigenvalue weighted by Crippen LogP contribution is -2.11. The summed E-state index contributed by atoms with van der Waals surface area (Å²) >= 11 is 5.37. The molecule has 0 radical (unpaired) electrons. The number of aliphatic hydroxyl groups excluding tert-OH is 1. The molecule has 0 heterocycles. The summed E-state index contributed by atoms with van der Waals surface area (Å²) in [6.45, 7) is 5.34. The second kappa shape index (κ2) is 6.92. The van der Waals surface area contributed by atoms with Crippen molar-refractivity contribution >= 4 is 17.6 Å². The smallest absolute Gasteiger partial charge is 0.333 e. The third-order valence-electron chi connectivity index (χ3n) is 1.44. The highest BCUT2D eigenvalue weighted by atomic mass is 35.5. The molecule has 1 atom stereocenters. The lowest BCUT2D eigenvalue weighted by Gasteiger charge is -2.06. The van der Waals surface area contributed by atoms with Gasteiger partial charge in [-0.1, -0.05) is 6.58 Å². The normalized spacial score (nSPS) is 12.2. The van der Waals surface area contributed by atoms with Crippen LogP contribution in [0.1, 0.15) is 19.8 Å². The average molecular weight is 207 g/mol. The molecule has 0 fully saturated rings. The van der Waals surface area contributed by atoms with E-state index in [1.165, 1.54) is 0 Å².